The second-order valence-electron chi connectivity index (χ2n) is 6.61. The summed E-state index contributed by atoms with van der Waals surface area (Å²) in [4.78, 5) is 19.9. The molecule has 0 amide bonds. The second-order valence-corrected chi connectivity index (χ2v) is 7.02. The quantitative estimate of drug-likeness (QED) is 0.453. The Morgan fingerprint density at radius 2 is 1.90 bits per heavy atom. The molecular formula is C22H13ClN5O. The molecule has 6 nitrogen and oxygen atoms in total. The molecular weight excluding hydrogens is 386 g/mol. The predicted octanol–water partition coefficient (Wildman–Crippen LogP) is 4.20. The van der Waals surface area contributed by atoms with Crippen molar-refractivity contribution < 1.29 is 4.79 Å². The lowest BCUT2D eigenvalue weighted by molar-refractivity contribution is 0.563. The first-order chi connectivity index (χ1) is 14.2. The summed E-state index contributed by atoms with van der Waals surface area (Å²) in [6.07, 6.45) is 3.60. The molecule has 0 saturated carbocycles. The Labute approximate surface area is 170 Å². The highest BCUT2D eigenvalue weighted by atomic mass is 35.5. The van der Waals surface area contributed by atoms with Gasteiger partial charge in [0.05, 0.1) is 22.8 Å². The van der Waals surface area contributed by atoms with Crippen LogP contribution in [-0.2, 0) is 11.3 Å². The minimum atomic E-state index is 0.328. The maximum atomic E-state index is 10.9. The van der Waals surface area contributed by atoms with Crippen molar-refractivity contribution in [2.45, 2.75) is 6.54 Å². The van der Waals surface area contributed by atoms with Crippen molar-refractivity contribution in [1.29, 1.82) is 0 Å². The van der Waals surface area contributed by atoms with Gasteiger partial charge in [-0.1, -0.05) is 35.0 Å². The standard InChI is InChI=1S/C22H13ClN5O/c23-18-11-16(4-5-17(18)13-29)20-7-8-21-22(25-20)28(27-26-21)12-14-3-6-19-15(10-14)2-1-9-24-19/h1-11H,12H2. The van der Waals surface area contributed by atoms with E-state index in [1.165, 1.54) is 0 Å². The molecule has 0 aliphatic carbocycles. The molecule has 0 spiro atoms. The van der Waals surface area contributed by atoms with Crippen LogP contribution in [-0.4, -0.2) is 31.2 Å². The van der Waals surface area contributed by atoms with Crippen molar-refractivity contribution in [3.8, 4) is 11.3 Å². The minimum absolute atomic E-state index is 0.328. The Balaban J connectivity index is 1.53. The Hall–Kier alpha value is -3.64. The van der Waals surface area contributed by atoms with E-state index in [1.54, 1.807) is 29.1 Å². The number of aromatic nitrogens is 5. The van der Waals surface area contributed by atoms with Gasteiger partial charge in [-0.05, 0) is 48.0 Å². The van der Waals surface area contributed by atoms with Gasteiger partial charge in [0.25, 0.3) is 0 Å². The summed E-state index contributed by atoms with van der Waals surface area (Å²) >= 11 is 6.14. The lowest BCUT2D eigenvalue weighted by Gasteiger charge is -2.06. The molecule has 0 unspecified atom stereocenters. The largest absolute Gasteiger partial charge is 0.285 e. The first kappa shape index (κ1) is 17.5. The number of carbonyl (C=O) groups excluding carboxylic acids is 1. The molecule has 2 aromatic carbocycles. The molecule has 0 aliphatic heterocycles. The Kier molecular flexibility index (Phi) is 4.26. The molecule has 0 aliphatic rings. The Morgan fingerprint density at radius 1 is 1.00 bits per heavy atom. The van der Waals surface area contributed by atoms with Gasteiger partial charge in [-0.2, -0.15) is 0 Å². The zero-order valence-electron chi connectivity index (χ0n) is 15.1. The fraction of sp³-hybridized carbons (Fsp3) is 0.0455. The first-order valence-electron chi connectivity index (χ1n) is 8.93. The molecule has 5 aromatic rings. The first-order valence-corrected chi connectivity index (χ1v) is 9.31. The van der Waals surface area contributed by atoms with Crippen molar-refractivity contribution in [3.05, 3.63) is 83.0 Å². The monoisotopic (exact) mass is 398 g/mol. The maximum Gasteiger partial charge on any atom is 0.235 e. The molecule has 0 N–H and O–H groups in total. The van der Waals surface area contributed by atoms with Crippen LogP contribution >= 0.6 is 11.6 Å². The molecule has 139 valence electrons. The van der Waals surface area contributed by atoms with Gasteiger partial charge in [-0.15, -0.1) is 5.10 Å². The van der Waals surface area contributed by atoms with E-state index in [1.807, 2.05) is 42.7 Å². The molecule has 0 atom stereocenters. The highest BCUT2D eigenvalue weighted by Crippen LogP contribution is 2.25. The Bertz CT molecular complexity index is 1380. The Morgan fingerprint density at radius 3 is 2.76 bits per heavy atom. The number of pyridine rings is 2. The number of hydrogen-bond acceptors (Lipinski definition) is 5. The fourth-order valence-electron chi connectivity index (χ4n) is 3.27. The number of rotatable bonds is 4. The topological polar surface area (TPSA) is 73.6 Å². The average Bonchev–Trinajstić information content (AvgIpc) is 3.15. The van der Waals surface area contributed by atoms with Crippen LogP contribution in [0.15, 0.2) is 66.9 Å². The van der Waals surface area contributed by atoms with E-state index < -0.39 is 0 Å². The molecule has 3 heterocycles. The smallest absolute Gasteiger partial charge is 0.235 e. The van der Waals surface area contributed by atoms with E-state index in [0.29, 0.717) is 28.3 Å². The number of halogens is 1. The van der Waals surface area contributed by atoms with E-state index in [4.69, 9.17) is 16.6 Å². The summed E-state index contributed by atoms with van der Waals surface area (Å²) in [6, 6.07) is 18.9. The molecule has 29 heavy (non-hydrogen) atoms. The van der Waals surface area contributed by atoms with Crippen molar-refractivity contribution in [2.24, 2.45) is 0 Å². The van der Waals surface area contributed by atoms with Gasteiger partial charge in [0.15, 0.2) is 5.65 Å². The predicted molar refractivity (Wildman–Crippen MR) is 111 cm³/mol. The summed E-state index contributed by atoms with van der Waals surface area (Å²) in [5, 5.41) is 9.90. The lowest BCUT2D eigenvalue weighted by Crippen LogP contribution is -2.03. The fourth-order valence-corrected chi connectivity index (χ4v) is 3.49. The highest BCUT2D eigenvalue weighted by molar-refractivity contribution is 6.33. The number of nitrogens with zero attached hydrogens (tertiary/aromatic N) is 5. The molecule has 1 radical (unpaired) electrons. The van der Waals surface area contributed by atoms with Gasteiger partial charge in [-0.25, -0.2) is 9.67 Å². The van der Waals surface area contributed by atoms with Crippen LogP contribution in [0.4, 0.5) is 0 Å². The van der Waals surface area contributed by atoms with Crippen molar-refractivity contribution in [2.75, 3.05) is 0 Å². The van der Waals surface area contributed by atoms with Crippen LogP contribution < -0.4 is 0 Å². The van der Waals surface area contributed by atoms with Crippen LogP contribution in [0, 0.1) is 0 Å². The third-order valence-corrected chi connectivity index (χ3v) is 5.05. The van der Waals surface area contributed by atoms with E-state index in [2.05, 4.69) is 21.4 Å². The maximum absolute atomic E-state index is 10.9. The van der Waals surface area contributed by atoms with E-state index >= 15 is 0 Å². The number of fused-ring (bicyclic) bond motifs is 2. The summed E-state index contributed by atoms with van der Waals surface area (Å²) in [5.74, 6) is 0. The normalized spacial score (nSPS) is 11.2. The van der Waals surface area contributed by atoms with Gasteiger partial charge >= 0.3 is 0 Å². The van der Waals surface area contributed by atoms with Crippen LogP contribution in [0.25, 0.3) is 33.3 Å². The molecule has 0 fully saturated rings. The van der Waals surface area contributed by atoms with E-state index in [-0.39, 0.29) is 0 Å². The summed E-state index contributed by atoms with van der Waals surface area (Å²) in [7, 11) is 0. The SMILES string of the molecule is O=[C]c1ccc(-c2ccc3nnn(Cc4ccc5ncccc5c4)c3n2)cc1Cl. The van der Waals surface area contributed by atoms with Gasteiger partial charge in [0, 0.05) is 22.7 Å². The third-order valence-electron chi connectivity index (χ3n) is 4.73. The summed E-state index contributed by atoms with van der Waals surface area (Å²) < 4.78 is 1.77. The minimum Gasteiger partial charge on any atom is -0.285 e. The average molecular weight is 399 g/mol. The van der Waals surface area contributed by atoms with Gasteiger partial charge < -0.3 is 0 Å². The zero-order valence-corrected chi connectivity index (χ0v) is 15.8. The van der Waals surface area contributed by atoms with E-state index in [0.717, 1.165) is 27.7 Å². The molecule has 0 saturated heterocycles. The van der Waals surface area contributed by atoms with Crippen LogP contribution in [0.2, 0.25) is 5.02 Å². The van der Waals surface area contributed by atoms with Gasteiger partial charge in [0.2, 0.25) is 6.29 Å². The third kappa shape index (κ3) is 3.23. The summed E-state index contributed by atoms with van der Waals surface area (Å²) in [6.45, 7) is 0.539. The summed E-state index contributed by atoms with van der Waals surface area (Å²) in [5.41, 5.74) is 5.28. The molecule has 3 aromatic heterocycles. The second kappa shape index (κ2) is 7.07. The van der Waals surface area contributed by atoms with Crippen molar-refractivity contribution in [1.82, 2.24) is 25.0 Å². The van der Waals surface area contributed by atoms with Crippen molar-refractivity contribution >= 4 is 40.0 Å². The highest BCUT2D eigenvalue weighted by Gasteiger charge is 2.11. The molecule has 7 heteroatoms. The van der Waals surface area contributed by atoms with Gasteiger partial charge in [-0.3, -0.25) is 9.78 Å². The number of hydrogen-bond donors (Lipinski definition) is 0. The molecule has 5 rings (SSSR count). The van der Waals surface area contributed by atoms with Crippen LogP contribution in [0.5, 0.6) is 0 Å². The van der Waals surface area contributed by atoms with Crippen molar-refractivity contribution in [3.63, 3.8) is 0 Å². The van der Waals surface area contributed by atoms with E-state index in [9.17, 15) is 4.79 Å². The molecule has 0 bridgehead atoms. The van der Waals surface area contributed by atoms with Crippen LogP contribution in [0.3, 0.4) is 0 Å². The van der Waals surface area contributed by atoms with Crippen LogP contribution in [0.1, 0.15) is 11.1 Å². The van der Waals surface area contributed by atoms with Gasteiger partial charge in [0.1, 0.15) is 5.52 Å². The zero-order chi connectivity index (χ0) is 19.8. The lowest BCUT2D eigenvalue weighted by atomic mass is 10.1. The number of benzene rings is 2.